The van der Waals surface area contributed by atoms with Crippen molar-refractivity contribution >= 4 is 11.6 Å². The van der Waals surface area contributed by atoms with Crippen LogP contribution in [0.2, 0.25) is 0 Å². The second-order valence-corrected chi connectivity index (χ2v) is 4.68. The molecule has 1 aromatic carbocycles. The van der Waals surface area contributed by atoms with E-state index in [1.54, 1.807) is 0 Å². The van der Waals surface area contributed by atoms with Crippen molar-refractivity contribution in [3.05, 3.63) is 29.8 Å². The van der Waals surface area contributed by atoms with Crippen LogP contribution in [-0.4, -0.2) is 12.5 Å². The number of carbonyl (C=O) groups excluding carboxylic acids is 1. The molecule has 0 aliphatic heterocycles. The van der Waals surface area contributed by atoms with Gasteiger partial charge in [-0.25, -0.2) is 0 Å². The first-order chi connectivity index (χ1) is 7.45. The van der Waals surface area contributed by atoms with E-state index in [1.807, 2.05) is 18.2 Å². The van der Waals surface area contributed by atoms with Crippen molar-refractivity contribution in [3.8, 4) is 0 Å². The molecule has 1 aromatic rings. The molecule has 0 bridgehead atoms. The lowest BCUT2D eigenvalue weighted by atomic mass is 9.81. The van der Waals surface area contributed by atoms with Crippen LogP contribution in [0.5, 0.6) is 0 Å². The van der Waals surface area contributed by atoms with Gasteiger partial charge in [-0.05, 0) is 36.1 Å². The molecule has 0 unspecified atom stereocenters. The Morgan fingerprint density at radius 3 is 2.69 bits per heavy atom. The molecule has 3 nitrogen and oxygen atoms in total. The average Bonchev–Trinajstić information content (AvgIpc) is 2.17. The molecule has 88 valence electrons. The molecule has 0 radical (unpaired) electrons. The molecule has 16 heavy (non-hydrogen) atoms. The summed E-state index contributed by atoms with van der Waals surface area (Å²) in [6.45, 7) is 6.49. The summed E-state index contributed by atoms with van der Waals surface area (Å²) >= 11 is 0. The number of hydrogen-bond donors (Lipinski definition) is 2. The molecule has 0 atom stereocenters. The minimum absolute atomic E-state index is 0.0449. The Morgan fingerprint density at radius 1 is 1.44 bits per heavy atom. The van der Waals surface area contributed by atoms with Crippen molar-refractivity contribution in [2.24, 2.45) is 5.73 Å². The standard InChI is InChI=1S/C13H20N2O/c1-10(16)15-12-6-4-5-11(9-12)13(2,3)7-8-14/h4-6,9H,7-8,14H2,1-3H3,(H,15,16). The van der Waals surface area contributed by atoms with Crippen molar-refractivity contribution in [3.63, 3.8) is 0 Å². The van der Waals surface area contributed by atoms with Gasteiger partial charge in [0.2, 0.25) is 5.91 Å². The van der Waals surface area contributed by atoms with Crippen molar-refractivity contribution in [1.29, 1.82) is 0 Å². The minimum atomic E-state index is -0.0474. The van der Waals surface area contributed by atoms with Gasteiger partial charge in [0.15, 0.2) is 0 Å². The van der Waals surface area contributed by atoms with Crippen LogP contribution in [0.25, 0.3) is 0 Å². The van der Waals surface area contributed by atoms with E-state index in [4.69, 9.17) is 5.73 Å². The van der Waals surface area contributed by atoms with Crippen LogP contribution >= 0.6 is 0 Å². The van der Waals surface area contributed by atoms with Crippen LogP contribution < -0.4 is 11.1 Å². The van der Waals surface area contributed by atoms with Crippen molar-refractivity contribution < 1.29 is 4.79 Å². The Kier molecular flexibility index (Phi) is 4.07. The van der Waals surface area contributed by atoms with Gasteiger partial charge in [-0.2, -0.15) is 0 Å². The third kappa shape index (κ3) is 3.35. The zero-order valence-electron chi connectivity index (χ0n) is 10.2. The van der Waals surface area contributed by atoms with Gasteiger partial charge in [-0.15, -0.1) is 0 Å². The number of benzene rings is 1. The van der Waals surface area contributed by atoms with Gasteiger partial charge in [0, 0.05) is 12.6 Å². The van der Waals surface area contributed by atoms with E-state index < -0.39 is 0 Å². The lowest BCUT2D eigenvalue weighted by molar-refractivity contribution is -0.114. The number of amides is 1. The highest BCUT2D eigenvalue weighted by molar-refractivity contribution is 5.88. The van der Waals surface area contributed by atoms with Crippen LogP contribution in [0.3, 0.4) is 0 Å². The molecule has 0 saturated heterocycles. The maximum absolute atomic E-state index is 11.0. The van der Waals surface area contributed by atoms with Crippen LogP contribution in [0.1, 0.15) is 32.8 Å². The largest absolute Gasteiger partial charge is 0.330 e. The topological polar surface area (TPSA) is 55.1 Å². The SMILES string of the molecule is CC(=O)Nc1cccc(C(C)(C)CCN)c1. The lowest BCUT2D eigenvalue weighted by Crippen LogP contribution is -2.21. The number of hydrogen-bond acceptors (Lipinski definition) is 2. The number of anilines is 1. The van der Waals surface area contributed by atoms with E-state index in [0.717, 1.165) is 12.1 Å². The number of nitrogens with one attached hydrogen (secondary N) is 1. The van der Waals surface area contributed by atoms with Gasteiger partial charge >= 0.3 is 0 Å². The summed E-state index contributed by atoms with van der Waals surface area (Å²) in [6, 6.07) is 7.93. The summed E-state index contributed by atoms with van der Waals surface area (Å²) in [7, 11) is 0. The minimum Gasteiger partial charge on any atom is -0.330 e. The summed E-state index contributed by atoms with van der Waals surface area (Å²) < 4.78 is 0. The van der Waals surface area contributed by atoms with Gasteiger partial charge in [-0.1, -0.05) is 26.0 Å². The molecular weight excluding hydrogens is 200 g/mol. The zero-order chi connectivity index (χ0) is 12.2. The zero-order valence-corrected chi connectivity index (χ0v) is 10.2. The van der Waals surface area contributed by atoms with Gasteiger partial charge in [0.1, 0.15) is 0 Å². The van der Waals surface area contributed by atoms with Crippen LogP contribution in [0, 0.1) is 0 Å². The summed E-state index contributed by atoms with van der Waals surface area (Å²) in [5.74, 6) is -0.0474. The predicted molar refractivity (Wildman–Crippen MR) is 67.4 cm³/mol. The molecule has 1 amide bonds. The third-order valence-electron chi connectivity index (χ3n) is 2.73. The van der Waals surface area contributed by atoms with Gasteiger partial charge < -0.3 is 11.1 Å². The maximum atomic E-state index is 11.0. The molecule has 3 heteroatoms. The maximum Gasteiger partial charge on any atom is 0.221 e. The van der Waals surface area contributed by atoms with Gasteiger partial charge in [-0.3, -0.25) is 4.79 Å². The molecular formula is C13H20N2O. The van der Waals surface area contributed by atoms with E-state index in [0.29, 0.717) is 6.54 Å². The molecule has 0 spiro atoms. The fourth-order valence-electron chi connectivity index (χ4n) is 1.73. The number of rotatable bonds is 4. The van der Waals surface area contributed by atoms with Crippen molar-refractivity contribution in [1.82, 2.24) is 0 Å². The highest BCUT2D eigenvalue weighted by atomic mass is 16.1. The Morgan fingerprint density at radius 2 is 2.12 bits per heavy atom. The molecule has 0 saturated carbocycles. The lowest BCUT2D eigenvalue weighted by Gasteiger charge is -2.25. The van der Waals surface area contributed by atoms with Crippen LogP contribution in [0.15, 0.2) is 24.3 Å². The quantitative estimate of drug-likeness (QED) is 0.817. The predicted octanol–water partition coefficient (Wildman–Crippen LogP) is 2.27. The molecule has 0 aliphatic rings. The van der Waals surface area contributed by atoms with E-state index >= 15 is 0 Å². The Labute approximate surface area is 97.0 Å². The highest BCUT2D eigenvalue weighted by Crippen LogP contribution is 2.28. The van der Waals surface area contributed by atoms with Gasteiger partial charge in [0.25, 0.3) is 0 Å². The number of nitrogens with two attached hydrogens (primary N) is 1. The first-order valence-electron chi connectivity index (χ1n) is 5.54. The first-order valence-corrected chi connectivity index (χ1v) is 5.54. The normalized spacial score (nSPS) is 11.2. The highest BCUT2D eigenvalue weighted by Gasteiger charge is 2.19. The fourth-order valence-corrected chi connectivity index (χ4v) is 1.73. The molecule has 0 aliphatic carbocycles. The average molecular weight is 220 g/mol. The summed E-state index contributed by atoms with van der Waals surface area (Å²) in [4.78, 5) is 11.0. The van der Waals surface area contributed by atoms with Gasteiger partial charge in [0.05, 0.1) is 0 Å². The van der Waals surface area contributed by atoms with Crippen molar-refractivity contribution in [2.45, 2.75) is 32.6 Å². The monoisotopic (exact) mass is 220 g/mol. The van der Waals surface area contributed by atoms with Crippen molar-refractivity contribution in [2.75, 3.05) is 11.9 Å². The van der Waals surface area contributed by atoms with E-state index in [1.165, 1.54) is 12.5 Å². The van der Waals surface area contributed by atoms with Crippen LogP contribution in [-0.2, 0) is 10.2 Å². The number of carbonyl (C=O) groups is 1. The summed E-state index contributed by atoms with van der Waals surface area (Å²) in [6.07, 6.45) is 0.927. The molecule has 0 heterocycles. The Bertz CT molecular complexity index is 372. The van der Waals surface area contributed by atoms with Crippen LogP contribution in [0.4, 0.5) is 5.69 Å². The molecule has 1 rings (SSSR count). The first kappa shape index (κ1) is 12.7. The summed E-state index contributed by atoms with van der Waals surface area (Å²) in [5, 5.41) is 2.79. The van der Waals surface area contributed by atoms with E-state index in [9.17, 15) is 4.79 Å². The third-order valence-corrected chi connectivity index (χ3v) is 2.73. The Hall–Kier alpha value is -1.35. The smallest absolute Gasteiger partial charge is 0.221 e. The van der Waals surface area contributed by atoms with E-state index in [2.05, 4.69) is 25.2 Å². The second-order valence-electron chi connectivity index (χ2n) is 4.68. The summed E-state index contributed by atoms with van der Waals surface area (Å²) in [5.41, 5.74) is 7.69. The molecule has 0 aromatic heterocycles. The Balaban J connectivity index is 2.93. The van der Waals surface area contributed by atoms with E-state index in [-0.39, 0.29) is 11.3 Å². The fraction of sp³-hybridized carbons (Fsp3) is 0.462. The molecule has 0 fully saturated rings. The second kappa shape index (κ2) is 5.12. The molecule has 3 N–H and O–H groups in total.